The van der Waals surface area contributed by atoms with Gasteiger partial charge in [-0.1, -0.05) is 6.08 Å². The number of H-pyrrole nitrogens is 1. The average molecular weight is 294 g/mol. The zero-order valence-corrected chi connectivity index (χ0v) is 11.0. The molecule has 0 fully saturated rings. The minimum absolute atomic E-state index is 0.340. The Morgan fingerprint density at radius 2 is 2.35 bits per heavy atom. The molecule has 0 amide bonds. The lowest BCUT2D eigenvalue weighted by Crippen LogP contribution is -2.03. The van der Waals surface area contributed by atoms with Crippen LogP contribution in [0.5, 0.6) is 0 Å². The number of rotatable bonds is 3. The molecule has 0 aliphatic heterocycles. The minimum atomic E-state index is -0.340. The van der Waals surface area contributed by atoms with Gasteiger partial charge in [0.25, 0.3) is 0 Å². The lowest BCUT2D eigenvalue weighted by atomic mass is 10.0. The summed E-state index contributed by atoms with van der Waals surface area (Å²) in [5, 5.41) is 0.895. The Bertz CT molecular complexity index is 586. The van der Waals surface area contributed by atoms with Gasteiger partial charge in [0, 0.05) is 21.6 Å². The summed E-state index contributed by atoms with van der Waals surface area (Å²) in [7, 11) is 1.38. The molecule has 2 rings (SSSR count). The topological polar surface area (TPSA) is 42.1 Å². The number of ether oxygens (including phenoxy) is 1. The van der Waals surface area contributed by atoms with Gasteiger partial charge in [-0.15, -0.1) is 6.58 Å². The Kier molecular flexibility index (Phi) is 3.33. The molecule has 88 valence electrons. The van der Waals surface area contributed by atoms with Gasteiger partial charge in [0.15, 0.2) is 0 Å². The predicted molar refractivity (Wildman–Crippen MR) is 71.2 cm³/mol. The lowest BCUT2D eigenvalue weighted by molar-refractivity contribution is 0.0602. The Labute approximate surface area is 108 Å². The monoisotopic (exact) mass is 293 g/mol. The first-order valence-corrected chi connectivity index (χ1v) is 5.96. The molecule has 2 aromatic rings. The molecular weight excluding hydrogens is 282 g/mol. The van der Waals surface area contributed by atoms with Crippen molar-refractivity contribution < 1.29 is 9.53 Å². The smallest absolute Gasteiger partial charge is 0.339 e. The van der Waals surface area contributed by atoms with Crippen LogP contribution in [0.1, 0.15) is 15.9 Å². The summed E-state index contributed by atoms with van der Waals surface area (Å²) in [6.45, 7) is 3.72. The number of aromatic amines is 1. The van der Waals surface area contributed by atoms with Crippen LogP contribution in [-0.2, 0) is 11.2 Å². The average Bonchev–Trinajstić information content (AvgIpc) is 2.72. The number of carbonyl (C=O) groups is 1. The third kappa shape index (κ3) is 2.00. The number of allylic oxidation sites excluding steroid dienone is 1. The Hall–Kier alpha value is -1.55. The van der Waals surface area contributed by atoms with Crippen molar-refractivity contribution in [3.05, 3.63) is 46.6 Å². The maximum atomic E-state index is 11.8. The summed E-state index contributed by atoms with van der Waals surface area (Å²) >= 11 is 3.39. The van der Waals surface area contributed by atoms with Crippen LogP contribution >= 0.6 is 15.9 Å². The van der Waals surface area contributed by atoms with E-state index in [1.54, 1.807) is 0 Å². The Morgan fingerprint density at radius 3 is 3.00 bits per heavy atom. The number of nitrogens with one attached hydrogen (secondary N) is 1. The molecule has 0 aliphatic rings. The fourth-order valence-corrected chi connectivity index (χ4v) is 2.38. The first kappa shape index (κ1) is 11.9. The highest BCUT2D eigenvalue weighted by Gasteiger charge is 2.17. The molecule has 1 N–H and O–H groups in total. The number of methoxy groups -OCH3 is 1. The molecule has 0 saturated carbocycles. The predicted octanol–water partition coefficient (Wildman–Crippen LogP) is 3.45. The van der Waals surface area contributed by atoms with E-state index < -0.39 is 0 Å². The molecule has 1 aromatic carbocycles. The number of hydrogen-bond acceptors (Lipinski definition) is 2. The van der Waals surface area contributed by atoms with E-state index in [-0.39, 0.29) is 5.97 Å². The zero-order valence-electron chi connectivity index (χ0n) is 9.42. The fraction of sp³-hybridized carbons (Fsp3) is 0.154. The van der Waals surface area contributed by atoms with Gasteiger partial charge in [-0.25, -0.2) is 4.79 Å². The van der Waals surface area contributed by atoms with E-state index in [0.717, 1.165) is 20.9 Å². The highest BCUT2D eigenvalue weighted by molar-refractivity contribution is 9.10. The standard InChI is InChI=1S/C13H12BrNO2/c1-3-4-8-7-15-10-6-5-9(14)12(11(8)10)13(16)17-2/h3,5-7,15H,1,4H2,2H3. The van der Waals surface area contributed by atoms with Gasteiger partial charge >= 0.3 is 5.97 Å². The van der Waals surface area contributed by atoms with Crippen LogP contribution in [0, 0.1) is 0 Å². The molecule has 17 heavy (non-hydrogen) atoms. The van der Waals surface area contributed by atoms with Crippen LogP contribution in [0.4, 0.5) is 0 Å². The number of hydrogen-bond donors (Lipinski definition) is 1. The van der Waals surface area contributed by atoms with Crippen molar-refractivity contribution in [1.82, 2.24) is 4.98 Å². The van der Waals surface area contributed by atoms with Gasteiger partial charge in [-0.3, -0.25) is 0 Å². The zero-order chi connectivity index (χ0) is 12.4. The summed E-state index contributed by atoms with van der Waals surface area (Å²) < 4.78 is 5.56. The van der Waals surface area contributed by atoms with Gasteiger partial charge in [0.2, 0.25) is 0 Å². The van der Waals surface area contributed by atoms with Gasteiger partial charge < -0.3 is 9.72 Å². The van der Waals surface area contributed by atoms with Crippen LogP contribution in [0.15, 0.2) is 35.5 Å². The summed E-state index contributed by atoms with van der Waals surface area (Å²) in [6.07, 6.45) is 4.41. The maximum absolute atomic E-state index is 11.8. The van der Waals surface area contributed by atoms with Gasteiger partial charge in [-0.05, 0) is 40.0 Å². The highest BCUT2D eigenvalue weighted by Crippen LogP contribution is 2.30. The van der Waals surface area contributed by atoms with E-state index in [4.69, 9.17) is 4.74 Å². The van der Waals surface area contributed by atoms with Gasteiger partial charge in [-0.2, -0.15) is 0 Å². The van der Waals surface area contributed by atoms with Crippen LogP contribution in [0.2, 0.25) is 0 Å². The normalized spacial score (nSPS) is 10.5. The van der Waals surface area contributed by atoms with Crippen LogP contribution < -0.4 is 0 Å². The third-order valence-electron chi connectivity index (χ3n) is 2.63. The van der Waals surface area contributed by atoms with Crippen LogP contribution in [-0.4, -0.2) is 18.1 Å². The Morgan fingerprint density at radius 1 is 1.59 bits per heavy atom. The SMILES string of the molecule is C=CCc1c[nH]c2ccc(Br)c(C(=O)OC)c12. The number of halogens is 1. The number of esters is 1. The first-order chi connectivity index (χ1) is 8.19. The second kappa shape index (κ2) is 4.75. The molecule has 4 heteroatoms. The molecule has 0 atom stereocenters. The second-order valence-electron chi connectivity index (χ2n) is 3.64. The van der Waals surface area contributed by atoms with E-state index in [0.29, 0.717) is 12.0 Å². The molecule has 0 radical (unpaired) electrons. The van der Waals surface area contributed by atoms with Crippen molar-refractivity contribution in [1.29, 1.82) is 0 Å². The van der Waals surface area contributed by atoms with Crippen molar-refractivity contribution in [2.45, 2.75) is 6.42 Å². The third-order valence-corrected chi connectivity index (χ3v) is 3.29. The minimum Gasteiger partial charge on any atom is -0.465 e. The van der Waals surface area contributed by atoms with Crippen molar-refractivity contribution in [3.8, 4) is 0 Å². The molecule has 1 aromatic heterocycles. The van der Waals surface area contributed by atoms with Gasteiger partial charge in [0.1, 0.15) is 0 Å². The van der Waals surface area contributed by atoms with Crippen molar-refractivity contribution >= 4 is 32.8 Å². The number of fused-ring (bicyclic) bond motifs is 1. The molecule has 0 unspecified atom stereocenters. The molecule has 3 nitrogen and oxygen atoms in total. The van der Waals surface area contributed by atoms with Crippen molar-refractivity contribution in [3.63, 3.8) is 0 Å². The van der Waals surface area contributed by atoms with E-state index in [9.17, 15) is 4.79 Å². The van der Waals surface area contributed by atoms with Crippen LogP contribution in [0.3, 0.4) is 0 Å². The number of aromatic nitrogens is 1. The van der Waals surface area contributed by atoms with E-state index >= 15 is 0 Å². The highest BCUT2D eigenvalue weighted by atomic mass is 79.9. The second-order valence-corrected chi connectivity index (χ2v) is 4.50. The van der Waals surface area contributed by atoms with E-state index in [1.807, 2.05) is 24.4 Å². The van der Waals surface area contributed by atoms with Crippen molar-refractivity contribution in [2.75, 3.05) is 7.11 Å². The largest absolute Gasteiger partial charge is 0.465 e. The van der Waals surface area contributed by atoms with Gasteiger partial charge in [0.05, 0.1) is 12.7 Å². The van der Waals surface area contributed by atoms with E-state index in [1.165, 1.54) is 7.11 Å². The van der Waals surface area contributed by atoms with E-state index in [2.05, 4.69) is 27.5 Å². The maximum Gasteiger partial charge on any atom is 0.339 e. The molecule has 0 saturated heterocycles. The molecule has 0 aliphatic carbocycles. The molecular formula is C13H12BrNO2. The number of carbonyl (C=O) groups excluding carboxylic acids is 1. The molecule has 0 bridgehead atoms. The molecule has 1 heterocycles. The lowest BCUT2D eigenvalue weighted by Gasteiger charge is -2.06. The summed E-state index contributed by atoms with van der Waals surface area (Å²) in [4.78, 5) is 15.0. The number of benzene rings is 1. The quantitative estimate of drug-likeness (QED) is 0.696. The summed E-state index contributed by atoms with van der Waals surface area (Å²) in [5.74, 6) is -0.340. The molecule has 0 spiro atoms. The first-order valence-electron chi connectivity index (χ1n) is 5.16. The fourth-order valence-electron chi connectivity index (χ4n) is 1.89. The Balaban J connectivity index is 2.76. The van der Waals surface area contributed by atoms with Crippen LogP contribution in [0.25, 0.3) is 10.9 Å². The van der Waals surface area contributed by atoms with Crippen molar-refractivity contribution in [2.24, 2.45) is 0 Å². The summed E-state index contributed by atoms with van der Waals surface area (Å²) in [5.41, 5.74) is 2.52. The summed E-state index contributed by atoms with van der Waals surface area (Å²) in [6, 6.07) is 3.77.